The third-order valence-corrected chi connectivity index (χ3v) is 4.95. The first-order chi connectivity index (χ1) is 11.0. The Morgan fingerprint density at radius 1 is 1.30 bits per heavy atom. The number of carbonyl (C=O) groups excluding carboxylic acids is 2. The molecule has 1 aliphatic carbocycles. The molecule has 0 radical (unpaired) electrons. The van der Waals surface area contributed by atoms with E-state index in [1.165, 1.54) is 46.9 Å². The molecule has 4 nitrogen and oxygen atoms in total. The molecule has 6 heteroatoms. The molecule has 1 amide bonds. The summed E-state index contributed by atoms with van der Waals surface area (Å²) < 4.78 is 18.7. The van der Waals surface area contributed by atoms with E-state index in [9.17, 15) is 14.0 Å². The number of nitrogens with one attached hydrogen (secondary N) is 1. The Hall–Kier alpha value is -2.21. The molecular weight excluding hydrogens is 317 g/mol. The molecule has 1 aromatic carbocycles. The molecule has 0 fully saturated rings. The molecule has 0 spiro atoms. The van der Waals surface area contributed by atoms with Crippen LogP contribution in [0, 0.1) is 5.82 Å². The number of para-hydroxylation sites is 1. The van der Waals surface area contributed by atoms with Crippen molar-refractivity contribution in [1.29, 1.82) is 0 Å². The highest BCUT2D eigenvalue weighted by atomic mass is 32.1. The maximum Gasteiger partial charge on any atom is 0.349 e. The summed E-state index contributed by atoms with van der Waals surface area (Å²) in [5, 5.41) is 2.42. The second-order valence-electron chi connectivity index (χ2n) is 5.43. The molecule has 1 aliphatic rings. The SMILES string of the molecule is C[C@@H](OC(=O)c1cc2c(s1)CCC2)C(=O)Nc1ccccc1F. The van der Waals surface area contributed by atoms with Crippen molar-refractivity contribution >= 4 is 28.9 Å². The number of hydrogen-bond acceptors (Lipinski definition) is 4. The van der Waals surface area contributed by atoms with Crippen molar-refractivity contribution in [2.45, 2.75) is 32.3 Å². The number of carbonyl (C=O) groups is 2. The largest absolute Gasteiger partial charge is 0.448 e. The van der Waals surface area contributed by atoms with E-state index in [0.717, 1.165) is 19.3 Å². The molecule has 1 aromatic heterocycles. The number of rotatable bonds is 4. The Morgan fingerprint density at radius 3 is 2.83 bits per heavy atom. The van der Waals surface area contributed by atoms with Crippen LogP contribution in [0.5, 0.6) is 0 Å². The fourth-order valence-corrected chi connectivity index (χ4v) is 3.64. The van der Waals surface area contributed by atoms with E-state index in [4.69, 9.17) is 4.74 Å². The number of amides is 1. The van der Waals surface area contributed by atoms with Gasteiger partial charge in [0.25, 0.3) is 5.91 Å². The number of thiophene rings is 1. The molecular formula is C17H16FNO3S. The molecule has 1 atom stereocenters. The zero-order valence-corrected chi connectivity index (χ0v) is 13.4. The molecule has 0 unspecified atom stereocenters. The first-order valence-corrected chi connectivity index (χ1v) is 8.24. The van der Waals surface area contributed by atoms with Crippen molar-refractivity contribution in [2.24, 2.45) is 0 Å². The molecule has 0 bridgehead atoms. The lowest BCUT2D eigenvalue weighted by atomic mass is 10.2. The predicted molar refractivity (Wildman–Crippen MR) is 86.3 cm³/mol. The van der Waals surface area contributed by atoms with Gasteiger partial charge in [-0.05, 0) is 49.9 Å². The number of aryl methyl sites for hydroxylation is 2. The second kappa shape index (κ2) is 6.50. The van der Waals surface area contributed by atoms with Gasteiger partial charge in [-0.2, -0.15) is 0 Å². The van der Waals surface area contributed by atoms with E-state index in [1.807, 2.05) is 6.07 Å². The van der Waals surface area contributed by atoms with E-state index >= 15 is 0 Å². The third-order valence-electron chi connectivity index (χ3n) is 3.73. The highest BCUT2D eigenvalue weighted by Crippen LogP contribution is 2.31. The van der Waals surface area contributed by atoms with Crippen molar-refractivity contribution in [3.05, 3.63) is 51.5 Å². The molecule has 3 rings (SSSR count). The summed E-state index contributed by atoms with van der Waals surface area (Å²) in [7, 11) is 0. The molecule has 0 saturated heterocycles. The van der Waals surface area contributed by atoms with E-state index < -0.39 is 23.8 Å². The third kappa shape index (κ3) is 3.42. The zero-order valence-electron chi connectivity index (χ0n) is 12.6. The van der Waals surface area contributed by atoms with Crippen LogP contribution in [-0.2, 0) is 22.4 Å². The van der Waals surface area contributed by atoms with Gasteiger partial charge in [0.1, 0.15) is 10.7 Å². The highest BCUT2D eigenvalue weighted by Gasteiger charge is 2.23. The average Bonchev–Trinajstić information content (AvgIpc) is 3.10. The number of halogens is 1. The van der Waals surface area contributed by atoms with Crippen LogP contribution < -0.4 is 5.32 Å². The van der Waals surface area contributed by atoms with Crippen LogP contribution in [0.3, 0.4) is 0 Å². The first-order valence-electron chi connectivity index (χ1n) is 7.42. The van der Waals surface area contributed by atoms with Crippen LogP contribution in [0.25, 0.3) is 0 Å². The zero-order chi connectivity index (χ0) is 16.4. The van der Waals surface area contributed by atoms with Gasteiger partial charge in [0.2, 0.25) is 0 Å². The Bertz CT molecular complexity index is 735. The summed E-state index contributed by atoms with van der Waals surface area (Å²) in [5.41, 5.74) is 1.26. The summed E-state index contributed by atoms with van der Waals surface area (Å²) >= 11 is 1.42. The summed E-state index contributed by atoms with van der Waals surface area (Å²) in [6.07, 6.45) is 2.11. The number of ether oxygens (including phenoxy) is 1. The predicted octanol–water partition coefficient (Wildman–Crippen LogP) is 3.56. The molecule has 0 saturated carbocycles. The first kappa shape index (κ1) is 15.7. The van der Waals surface area contributed by atoms with Gasteiger partial charge in [-0.1, -0.05) is 12.1 Å². The van der Waals surface area contributed by atoms with E-state index in [2.05, 4.69) is 5.32 Å². The van der Waals surface area contributed by atoms with Gasteiger partial charge < -0.3 is 10.1 Å². The van der Waals surface area contributed by atoms with Crippen LogP contribution >= 0.6 is 11.3 Å². The Kier molecular flexibility index (Phi) is 4.43. The number of hydrogen-bond donors (Lipinski definition) is 1. The molecule has 120 valence electrons. The maximum absolute atomic E-state index is 13.5. The minimum atomic E-state index is -1.00. The van der Waals surface area contributed by atoms with Crippen LogP contribution in [0.1, 0.15) is 33.5 Å². The number of anilines is 1. The summed E-state index contributed by atoms with van der Waals surface area (Å²) in [6, 6.07) is 7.69. The summed E-state index contributed by atoms with van der Waals surface area (Å²) in [5.74, 6) is -1.61. The lowest BCUT2D eigenvalue weighted by Crippen LogP contribution is -2.30. The van der Waals surface area contributed by atoms with Crippen molar-refractivity contribution in [3.8, 4) is 0 Å². The van der Waals surface area contributed by atoms with Gasteiger partial charge in [0, 0.05) is 4.88 Å². The molecule has 0 aliphatic heterocycles. The molecule has 1 N–H and O–H groups in total. The van der Waals surface area contributed by atoms with E-state index in [0.29, 0.717) is 4.88 Å². The van der Waals surface area contributed by atoms with Crippen LogP contribution in [0.15, 0.2) is 30.3 Å². The Morgan fingerprint density at radius 2 is 2.09 bits per heavy atom. The van der Waals surface area contributed by atoms with E-state index in [1.54, 1.807) is 6.07 Å². The minimum absolute atomic E-state index is 0.0653. The van der Waals surface area contributed by atoms with Crippen LogP contribution in [-0.4, -0.2) is 18.0 Å². The van der Waals surface area contributed by atoms with Crippen molar-refractivity contribution < 1.29 is 18.7 Å². The number of fused-ring (bicyclic) bond motifs is 1. The Labute approximate surface area is 137 Å². The normalized spacial score (nSPS) is 14.2. The summed E-state index contributed by atoms with van der Waals surface area (Å²) in [4.78, 5) is 25.9. The molecule has 1 heterocycles. The van der Waals surface area contributed by atoms with Crippen LogP contribution in [0.2, 0.25) is 0 Å². The quantitative estimate of drug-likeness (QED) is 0.871. The second-order valence-corrected chi connectivity index (χ2v) is 6.57. The Balaban J connectivity index is 1.61. The lowest BCUT2D eigenvalue weighted by Gasteiger charge is -2.13. The topological polar surface area (TPSA) is 55.4 Å². The fourth-order valence-electron chi connectivity index (χ4n) is 2.50. The molecule has 2 aromatic rings. The van der Waals surface area contributed by atoms with Crippen molar-refractivity contribution in [1.82, 2.24) is 0 Å². The smallest absolute Gasteiger partial charge is 0.349 e. The van der Waals surface area contributed by atoms with Gasteiger partial charge in [0.05, 0.1) is 5.69 Å². The van der Waals surface area contributed by atoms with Crippen molar-refractivity contribution in [3.63, 3.8) is 0 Å². The number of esters is 1. The van der Waals surface area contributed by atoms with Gasteiger partial charge in [-0.3, -0.25) is 4.79 Å². The van der Waals surface area contributed by atoms with Crippen molar-refractivity contribution in [2.75, 3.05) is 5.32 Å². The lowest BCUT2D eigenvalue weighted by molar-refractivity contribution is -0.123. The van der Waals surface area contributed by atoms with Gasteiger partial charge in [-0.15, -0.1) is 11.3 Å². The highest BCUT2D eigenvalue weighted by molar-refractivity contribution is 7.14. The van der Waals surface area contributed by atoms with E-state index in [-0.39, 0.29) is 5.69 Å². The number of benzene rings is 1. The van der Waals surface area contributed by atoms with Gasteiger partial charge in [-0.25, -0.2) is 9.18 Å². The maximum atomic E-state index is 13.5. The van der Waals surface area contributed by atoms with Gasteiger partial charge in [0.15, 0.2) is 6.10 Å². The average molecular weight is 333 g/mol. The standard InChI is InChI=1S/C17H16FNO3S/c1-10(16(20)19-13-7-3-2-6-12(13)18)22-17(21)15-9-11-5-4-8-14(11)23-15/h2-3,6-7,9-10H,4-5,8H2,1H3,(H,19,20)/t10-/m1/s1. The fraction of sp³-hybridized carbons (Fsp3) is 0.294. The van der Waals surface area contributed by atoms with Gasteiger partial charge >= 0.3 is 5.97 Å². The summed E-state index contributed by atoms with van der Waals surface area (Å²) in [6.45, 7) is 1.47. The minimum Gasteiger partial charge on any atom is -0.448 e. The monoisotopic (exact) mass is 333 g/mol. The molecule has 23 heavy (non-hydrogen) atoms. The van der Waals surface area contributed by atoms with Crippen LogP contribution in [0.4, 0.5) is 10.1 Å².